The van der Waals surface area contributed by atoms with Crippen LogP contribution in [-0.2, 0) is 4.74 Å². The van der Waals surface area contributed by atoms with Gasteiger partial charge in [-0.1, -0.05) is 11.6 Å². The van der Waals surface area contributed by atoms with E-state index >= 15 is 0 Å². The molecule has 1 aromatic carbocycles. The number of hydrogen-bond acceptors (Lipinski definition) is 2. The third-order valence-corrected chi connectivity index (χ3v) is 1.87. The molecule has 0 aliphatic carbocycles. The Morgan fingerprint density at radius 1 is 1.54 bits per heavy atom. The Morgan fingerprint density at radius 2 is 2.31 bits per heavy atom. The molecule has 0 aromatic heterocycles. The van der Waals surface area contributed by atoms with Gasteiger partial charge in [0.25, 0.3) is 0 Å². The van der Waals surface area contributed by atoms with Gasteiger partial charge in [0.2, 0.25) is 0 Å². The molecule has 1 aromatic rings. The van der Waals surface area contributed by atoms with Crippen molar-refractivity contribution >= 4 is 17.3 Å². The van der Waals surface area contributed by atoms with Gasteiger partial charge in [0.15, 0.2) is 0 Å². The summed E-state index contributed by atoms with van der Waals surface area (Å²) in [5, 5.41) is 3.40. The summed E-state index contributed by atoms with van der Waals surface area (Å²) in [6.07, 6.45) is 0. The highest BCUT2D eigenvalue weighted by molar-refractivity contribution is 6.33. The Bertz CT molecular complexity index is 280. The number of halogens is 2. The van der Waals surface area contributed by atoms with Gasteiger partial charge in [0, 0.05) is 13.7 Å². The minimum Gasteiger partial charge on any atom is -0.383 e. The fraction of sp³-hybridized carbons (Fsp3) is 0.333. The molecule has 0 bridgehead atoms. The van der Waals surface area contributed by atoms with E-state index in [-0.39, 0.29) is 5.82 Å². The van der Waals surface area contributed by atoms with Crippen molar-refractivity contribution in [3.63, 3.8) is 0 Å². The van der Waals surface area contributed by atoms with Crippen LogP contribution in [0.25, 0.3) is 0 Å². The molecule has 0 saturated heterocycles. The van der Waals surface area contributed by atoms with E-state index in [2.05, 4.69) is 5.32 Å². The van der Waals surface area contributed by atoms with Crippen LogP contribution in [-0.4, -0.2) is 20.3 Å². The second-order valence-electron chi connectivity index (χ2n) is 2.54. The van der Waals surface area contributed by atoms with Gasteiger partial charge >= 0.3 is 0 Å². The first-order valence-electron chi connectivity index (χ1n) is 3.92. The van der Waals surface area contributed by atoms with Crippen LogP contribution in [0.15, 0.2) is 18.2 Å². The van der Waals surface area contributed by atoms with Crippen molar-refractivity contribution < 1.29 is 9.13 Å². The lowest BCUT2D eigenvalue weighted by Gasteiger charge is -2.07. The van der Waals surface area contributed by atoms with Crippen LogP contribution in [0.1, 0.15) is 0 Å². The van der Waals surface area contributed by atoms with E-state index in [9.17, 15) is 4.39 Å². The summed E-state index contributed by atoms with van der Waals surface area (Å²) in [7, 11) is 1.62. The molecule has 0 heterocycles. The molecule has 0 amide bonds. The van der Waals surface area contributed by atoms with Crippen molar-refractivity contribution in [3.8, 4) is 0 Å². The van der Waals surface area contributed by atoms with Crippen LogP contribution in [0, 0.1) is 5.82 Å². The fourth-order valence-corrected chi connectivity index (χ4v) is 1.15. The van der Waals surface area contributed by atoms with E-state index in [1.165, 1.54) is 12.1 Å². The highest BCUT2D eigenvalue weighted by Crippen LogP contribution is 2.21. The van der Waals surface area contributed by atoms with E-state index in [1.54, 1.807) is 13.2 Å². The van der Waals surface area contributed by atoms with Gasteiger partial charge in [0.1, 0.15) is 5.82 Å². The number of ether oxygens (including phenoxy) is 1. The SMILES string of the molecule is COCCNc1ccc(F)cc1Cl. The molecule has 0 atom stereocenters. The molecule has 0 radical (unpaired) electrons. The second kappa shape index (κ2) is 5.04. The number of methoxy groups -OCH3 is 1. The van der Waals surface area contributed by atoms with Crippen LogP contribution >= 0.6 is 11.6 Å². The molecule has 0 spiro atoms. The molecule has 1 rings (SSSR count). The first-order valence-corrected chi connectivity index (χ1v) is 4.29. The van der Waals surface area contributed by atoms with Crippen molar-refractivity contribution in [3.05, 3.63) is 29.0 Å². The molecular weight excluding hydrogens is 193 g/mol. The Hall–Kier alpha value is -0.800. The average molecular weight is 204 g/mol. The predicted molar refractivity (Wildman–Crippen MR) is 51.8 cm³/mol. The monoisotopic (exact) mass is 203 g/mol. The van der Waals surface area contributed by atoms with E-state index in [0.29, 0.717) is 18.2 Å². The summed E-state index contributed by atoms with van der Waals surface area (Å²) >= 11 is 5.77. The Kier molecular flexibility index (Phi) is 3.99. The molecule has 0 aliphatic rings. The molecule has 0 unspecified atom stereocenters. The Labute approximate surface area is 81.7 Å². The highest BCUT2D eigenvalue weighted by atomic mass is 35.5. The van der Waals surface area contributed by atoms with E-state index in [4.69, 9.17) is 16.3 Å². The molecule has 0 saturated carbocycles. The van der Waals surface area contributed by atoms with Gasteiger partial charge in [-0.3, -0.25) is 0 Å². The third-order valence-electron chi connectivity index (χ3n) is 1.55. The smallest absolute Gasteiger partial charge is 0.124 e. The van der Waals surface area contributed by atoms with Crippen LogP contribution in [0.2, 0.25) is 5.02 Å². The molecule has 2 nitrogen and oxygen atoms in total. The zero-order valence-electron chi connectivity index (χ0n) is 7.31. The van der Waals surface area contributed by atoms with Crippen LogP contribution in [0.3, 0.4) is 0 Å². The lowest BCUT2D eigenvalue weighted by Crippen LogP contribution is -2.07. The maximum atomic E-state index is 12.6. The average Bonchev–Trinajstić information content (AvgIpc) is 2.09. The summed E-state index contributed by atoms with van der Waals surface area (Å²) < 4.78 is 17.4. The number of rotatable bonds is 4. The molecule has 0 aliphatic heterocycles. The van der Waals surface area contributed by atoms with Crippen molar-refractivity contribution in [2.75, 3.05) is 25.6 Å². The first kappa shape index (κ1) is 10.3. The van der Waals surface area contributed by atoms with Gasteiger partial charge in [-0.15, -0.1) is 0 Å². The summed E-state index contributed by atoms with van der Waals surface area (Å²) in [4.78, 5) is 0. The molecule has 4 heteroatoms. The highest BCUT2D eigenvalue weighted by Gasteiger charge is 1.99. The summed E-state index contributed by atoms with van der Waals surface area (Å²) in [6, 6.07) is 4.24. The van der Waals surface area contributed by atoms with Gasteiger partial charge in [0.05, 0.1) is 17.3 Å². The van der Waals surface area contributed by atoms with Crippen LogP contribution < -0.4 is 5.32 Å². The summed E-state index contributed by atoms with van der Waals surface area (Å²) in [5.74, 6) is -0.331. The maximum Gasteiger partial charge on any atom is 0.124 e. The zero-order chi connectivity index (χ0) is 9.68. The van der Waals surface area contributed by atoms with E-state index in [0.717, 1.165) is 5.69 Å². The predicted octanol–water partition coefficient (Wildman–Crippen LogP) is 2.54. The zero-order valence-corrected chi connectivity index (χ0v) is 8.07. The van der Waals surface area contributed by atoms with Gasteiger partial charge in [-0.05, 0) is 18.2 Å². The van der Waals surface area contributed by atoms with E-state index in [1.807, 2.05) is 0 Å². The Balaban J connectivity index is 2.56. The van der Waals surface area contributed by atoms with Gasteiger partial charge in [-0.25, -0.2) is 4.39 Å². The molecule has 1 N–H and O–H groups in total. The second-order valence-corrected chi connectivity index (χ2v) is 2.95. The first-order chi connectivity index (χ1) is 6.24. The standard InChI is InChI=1S/C9H11ClFNO/c1-13-5-4-12-9-3-2-7(11)6-8(9)10/h2-3,6,12H,4-5H2,1H3. The fourth-order valence-electron chi connectivity index (χ4n) is 0.921. The summed E-state index contributed by atoms with van der Waals surface area (Å²) in [5.41, 5.74) is 0.722. The Morgan fingerprint density at radius 3 is 2.92 bits per heavy atom. The molecular formula is C9H11ClFNO. The topological polar surface area (TPSA) is 21.3 Å². The van der Waals surface area contributed by atoms with Gasteiger partial charge in [-0.2, -0.15) is 0 Å². The third kappa shape index (κ3) is 3.20. The van der Waals surface area contributed by atoms with Crippen LogP contribution in [0.5, 0.6) is 0 Å². The number of anilines is 1. The van der Waals surface area contributed by atoms with E-state index < -0.39 is 0 Å². The van der Waals surface area contributed by atoms with Crippen molar-refractivity contribution in [1.82, 2.24) is 0 Å². The number of benzene rings is 1. The van der Waals surface area contributed by atoms with Crippen molar-refractivity contribution in [1.29, 1.82) is 0 Å². The lowest BCUT2D eigenvalue weighted by atomic mass is 10.3. The number of nitrogens with one attached hydrogen (secondary N) is 1. The van der Waals surface area contributed by atoms with Crippen LogP contribution in [0.4, 0.5) is 10.1 Å². The maximum absolute atomic E-state index is 12.6. The minimum atomic E-state index is -0.331. The largest absolute Gasteiger partial charge is 0.383 e. The molecule has 0 fully saturated rings. The molecule has 13 heavy (non-hydrogen) atoms. The summed E-state index contributed by atoms with van der Waals surface area (Å²) in [6.45, 7) is 1.25. The van der Waals surface area contributed by atoms with Crippen molar-refractivity contribution in [2.24, 2.45) is 0 Å². The van der Waals surface area contributed by atoms with Crippen molar-refractivity contribution in [2.45, 2.75) is 0 Å². The quantitative estimate of drug-likeness (QED) is 0.760. The lowest BCUT2D eigenvalue weighted by molar-refractivity contribution is 0.211. The molecule has 72 valence electrons. The van der Waals surface area contributed by atoms with Gasteiger partial charge < -0.3 is 10.1 Å². The number of hydrogen-bond donors (Lipinski definition) is 1. The normalized spacial score (nSPS) is 10.1. The minimum absolute atomic E-state index is 0.331.